The summed E-state index contributed by atoms with van der Waals surface area (Å²) in [5.74, 6) is -0.706. The molecule has 4 rings (SSSR count). The second-order valence-electron chi connectivity index (χ2n) is 6.64. The molecular weight excluding hydrogens is 405 g/mol. The minimum absolute atomic E-state index is 0.117. The lowest BCUT2D eigenvalue weighted by molar-refractivity contribution is -0.131. The van der Waals surface area contributed by atoms with Crippen molar-refractivity contribution in [3.8, 4) is 22.8 Å². The van der Waals surface area contributed by atoms with Crippen LogP contribution in [0.3, 0.4) is 0 Å². The Morgan fingerprint density at radius 3 is 2.23 bits per heavy atom. The lowest BCUT2D eigenvalue weighted by Gasteiger charge is -2.12. The number of ether oxygens (including phenoxy) is 1. The molecule has 0 N–H and O–H groups in total. The van der Waals surface area contributed by atoms with Crippen molar-refractivity contribution in [2.45, 2.75) is 13.8 Å². The average molecular weight is 421 g/mol. The second kappa shape index (κ2) is 7.64. The molecule has 0 spiro atoms. The fourth-order valence-corrected chi connectivity index (χ4v) is 3.56. The van der Waals surface area contributed by atoms with Crippen LogP contribution in [0, 0.1) is 10.6 Å². The van der Waals surface area contributed by atoms with E-state index in [4.69, 9.17) is 17.0 Å². The first-order chi connectivity index (χ1) is 14.3. The van der Waals surface area contributed by atoms with Crippen molar-refractivity contribution in [1.29, 1.82) is 0 Å². The topological polar surface area (TPSA) is 66.1 Å². The van der Waals surface area contributed by atoms with Crippen molar-refractivity contribution in [1.82, 2.24) is 14.3 Å². The quantitative estimate of drug-likeness (QED) is 0.266. The van der Waals surface area contributed by atoms with Gasteiger partial charge in [-0.25, -0.2) is 4.39 Å². The van der Waals surface area contributed by atoms with Gasteiger partial charge in [0.05, 0.1) is 11.3 Å². The van der Waals surface area contributed by atoms with E-state index in [0.29, 0.717) is 17.1 Å². The molecule has 150 valence electrons. The van der Waals surface area contributed by atoms with E-state index < -0.39 is 11.8 Å². The van der Waals surface area contributed by atoms with Crippen molar-refractivity contribution in [2.75, 3.05) is 0 Å². The predicted octanol–water partition coefficient (Wildman–Crippen LogP) is 4.95. The van der Waals surface area contributed by atoms with Crippen molar-refractivity contribution >= 4 is 34.9 Å². The molecule has 0 atom stereocenters. The lowest BCUT2D eigenvalue weighted by Crippen LogP contribution is -2.08. The molecule has 0 aliphatic heterocycles. The highest BCUT2D eigenvalue weighted by Gasteiger charge is 2.21. The molecule has 3 aromatic carbocycles. The molecule has 0 aliphatic carbocycles. The Bertz CT molecular complexity index is 1360. The number of hydrogen-bond acceptors (Lipinski definition) is 5. The minimum Gasteiger partial charge on any atom is -0.426 e. The monoisotopic (exact) mass is 421 g/mol. The maximum absolute atomic E-state index is 13.5. The molecule has 1 aromatic heterocycles. The van der Waals surface area contributed by atoms with Crippen LogP contribution in [0.15, 0.2) is 60.7 Å². The van der Waals surface area contributed by atoms with E-state index in [1.54, 1.807) is 10.6 Å². The second-order valence-corrected chi connectivity index (χ2v) is 7.00. The molecule has 6 nitrogen and oxygen atoms in total. The Kier molecular flexibility index (Phi) is 5.01. The third kappa shape index (κ3) is 3.53. The van der Waals surface area contributed by atoms with E-state index in [2.05, 4.69) is 5.10 Å². The maximum Gasteiger partial charge on any atom is 0.308 e. The van der Waals surface area contributed by atoms with Crippen molar-refractivity contribution in [3.05, 3.63) is 71.3 Å². The molecule has 4 aromatic rings. The van der Waals surface area contributed by atoms with E-state index in [9.17, 15) is 14.0 Å². The third-order valence-electron chi connectivity index (χ3n) is 4.50. The summed E-state index contributed by atoms with van der Waals surface area (Å²) in [5.41, 5.74) is 0.991. The lowest BCUT2D eigenvalue weighted by atomic mass is 10.1. The number of aromatic nitrogens is 3. The first-order valence-electron chi connectivity index (χ1n) is 9.05. The van der Waals surface area contributed by atoms with Gasteiger partial charge >= 0.3 is 5.97 Å². The standard InChI is InChI=1S/C22H16FN3O3S/c1-13(27)26-22(30)25(18-9-7-17(23)8-10-18)21(24-26)19-11-15-5-3-4-6-16(15)12-20(19)29-14(2)28/h3-12H,1-2H3. The SMILES string of the molecule is CC(=O)Oc1cc2ccccc2cc1-c1nn(C(C)=O)c(=S)n1-c1ccc(F)cc1. The first-order valence-corrected chi connectivity index (χ1v) is 9.46. The zero-order valence-corrected chi connectivity index (χ0v) is 16.9. The summed E-state index contributed by atoms with van der Waals surface area (Å²) in [6, 6.07) is 16.8. The van der Waals surface area contributed by atoms with Gasteiger partial charge in [0.15, 0.2) is 5.82 Å². The smallest absolute Gasteiger partial charge is 0.308 e. The van der Waals surface area contributed by atoms with Crippen LogP contribution in [0.25, 0.3) is 27.8 Å². The molecule has 0 bridgehead atoms. The zero-order chi connectivity index (χ0) is 21.4. The number of nitrogens with zero attached hydrogens (tertiary/aromatic N) is 3. The van der Waals surface area contributed by atoms with E-state index in [0.717, 1.165) is 15.5 Å². The number of fused-ring (bicyclic) bond motifs is 1. The van der Waals surface area contributed by atoms with E-state index in [1.165, 1.54) is 38.1 Å². The van der Waals surface area contributed by atoms with Crippen LogP contribution in [-0.2, 0) is 4.79 Å². The Labute approximate surface area is 176 Å². The molecule has 1 heterocycles. The molecule has 0 amide bonds. The molecule has 0 fully saturated rings. The normalized spacial score (nSPS) is 10.9. The summed E-state index contributed by atoms with van der Waals surface area (Å²) < 4.78 is 21.7. The Hall–Kier alpha value is -3.65. The van der Waals surface area contributed by atoms with Crippen LogP contribution >= 0.6 is 12.2 Å². The number of esters is 1. The number of hydrogen-bond donors (Lipinski definition) is 0. The van der Waals surface area contributed by atoms with Gasteiger partial charge in [-0.15, -0.1) is 5.10 Å². The van der Waals surface area contributed by atoms with E-state index in [1.807, 2.05) is 30.3 Å². The molecule has 0 aliphatic rings. The van der Waals surface area contributed by atoms with Crippen molar-refractivity contribution < 1.29 is 18.7 Å². The zero-order valence-electron chi connectivity index (χ0n) is 16.1. The van der Waals surface area contributed by atoms with Crippen molar-refractivity contribution in [2.24, 2.45) is 0 Å². The van der Waals surface area contributed by atoms with Crippen LogP contribution in [0.4, 0.5) is 4.39 Å². The molecule has 0 unspecified atom stereocenters. The molecule has 0 saturated heterocycles. The van der Waals surface area contributed by atoms with Crippen LogP contribution < -0.4 is 4.74 Å². The van der Waals surface area contributed by atoms with Crippen LogP contribution in [0.1, 0.15) is 18.6 Å². The number of carbonyl (C=O) groups is 2. The van der Waals surface area contributed by atoms with Crippen molar-refractivity contribution in [3.63, 3.8) is 0 Å². The largest absolute Gasteiger partial charge is 0.426 e. The van der Waals surface area contributed by atoms with Gasteiger partial charge in [-0.1, -0.05) is 24.3 Å². The fourth-order valence-electron chi connectivity index (χ4n) is 3.20. The predicted molar refractivity (Wildman–Crippen MR) is 113 cm³/mol. The number of halogens is 1. The summed E-state index contributed by atoms with van der Waals surface area (Å²) in [5, 5.41) is 6.15. The van der Waals surface area contributed by atoms with Crippen LogP contribution in [-0.4, -0.2) is 26.2 Å². The summed E-state index contributed by atoms with van der Waals surface area (Å²) >= 11 is 5.47. The molecule has 0 radical (unpaired) electrons. The maximum atomic E-state index is 13.5. The van der Waals surface area contributed by atoms with E-state index in [-0.39, 0.29) is 16.4 Å². The molecular formula is C22H16FN3O3S. The highest BCUT2D eigenvalue weighted by molar-refractivity contribution is 7.71. The van der Waals surface area contributed by atoms with Gasteiger partial charge in [-0.2, -0.15) is 4.68 Å². The van der Waals surface area contributed by atoms with Gasteiger partial charge in [0.1, 0.15) is 11.6 Å². The summed E-state index contributed by atoms with van der Waals surface area (Å²) in [6.45, 7) is 2.65. The third-order valence-corrected chi connectivity index (χ3v) is 4.86. The van der Waals surface area contributed by atoms with Gasteiger partial charge in [0.25, 0.3) is 0 Å². The number of benzene rings is 3. The first kappa shape index (κ1) is 19.7. The molecule has 0 saturated carbocycles. The average Bonchev–Trinajstić information content (AvgIpc) is 3.05. The fraction of sp³-hybridized carbons (Fsp3) is 0.0909. The highest BCUT2D eigenvalue weighted by Crippen LogP contribution is 2.35. The van der Waals surface area contributed by atoms with Gasteiger partial charge < -0.3 is 4.74 Å². The number of rotatable bonds is 3. The van der Waals surface area contributed by atoms with Gasteiger partial charge in [0.2, 0.25) is 10.7 Å². The molecule has 30 heavy (non-hydrogen) atoms. The molecule has 8 heteroatoms. The minimum atomic E-state index is -0.496. The summed E-state index contributed by atoms with van der Waals surface area (Å²) in [4.78, 5) is 23.8. The van der Waals surface area contributed by atoms with E-state index >= 15 is 0 Å². The van der Waals surface area contributed by atoms with Gasteiger partial charge in [-0.3, -0.25) is 14.2 Å². The Morgan fingerprint density at radius 2 is 1.63 bits per heavy atom. The summed E-state index contributed by atoms with van der Waals surface area (Å²) in [6.07, 6.45) is 0. The highest BCUT2D eigenvalue weighted by atomic mass is 32.1. The summed E-state index contributed by atoms with van der Waals surface area (Å²) in [7, 11) is 0. The Balaban J connectivity index is 2.06. The van der Waals surface area contributed by atoms with Crippen LogP contribution in [0.5, 0.6) is 5.75 Å². The van der Waals surface area contributed by atoms with Gasteiger partial charge in [0, 0.05) is 13.8 Å². The van der Waals surface area contributed by atoms with Gasteiger partial charge in [-0.05, 0) is 59.4 Å². The van der Waals surface area contributed by atoms with Crippen LogP contribution in [0.2, 0.25) is 0 Å². The Morgan fingerprint density at radius 1 is 1.00 bits per heavy atom. The number of carbonyl (C=O) groups excluding carboxylic acids is 2.